The highest BCUT2D eigenvalue weighted by atomic mass is 19.1. The Bertz CT molecular complexity index is 803. The second-order valence-electron chi connectivity index (χ2n) is 6.91. The van der Waals surface area contributed by atoms with Crippen LogP contribution in [0.3, 0.4) is 0 Å². The summed E-state index contributed by atoms with van der Waals surface area (Å²) in [5, 5.41) is 11.8. The number of halogens is 1. The maximum Gasteiger partial charge on any atom is 0.410 e. The van der Waals surface area contributed by atoms with E-state index in [-0.39, 0.29) is 44.8 Å². The third-order valence-corrected chi connectivity index (χ3v) is 4.82. The normalized spacial score (nSPS) is 15.7. The van der Waals surface area contributed by atoms with Crippen molar-refractivity contribution in [2.75, 3.05) is 19.6 Å². The Kier molecular flexibility index (Phi) is 6.13. The molecule has 0 unspecified atom stereocenters. The first kappa shape index (κ1) is 19.7. The second-order valence-corrected chi connectivity index (χ2v) is 6.91. The molecule has 1 fully saturated rings. The third-order valence-electron chi connectivity index (χ3n) is 4.82. The van der Waals surface area contributed by atoms with Gasteiger partial charge in [0, 0.05) is 31.5 Å². The van der Waals surface area contributed by atoms with E-state index in [9.17, 15) is 19.1 Å². The number of hydrogen-bond donors (Lipinski definition) is 2. The van der Waals surface area contributed by atoms with Gasteiger partial charge in [-0.3, -0.25) is 4.79 Å². The number of rotatable bonds is 5. The Morgan fingerprint density at radius 3 is 2.36 bits per heavy atom. The molecule has 2 aromatic rings. The van der Waals surface area contributed by atoms with Crippen LogP contribution in [0.5, 0.6) is 5.75 Å². The van der Waals surface area contributed by atoms with E-state index in [0.717, 1.165) is 5.56 Å². The highest BCUT2D eigenvalue weighted by molar-refractivity contribution is 5.94. The van der Waals surface area contributed by atoms with E-state index < -0.39 is 17.7 Å². The fraction of sp³-hybridized carbons (Fsp3) is 0.333. The minimum Gasteiger partial charge on any atom is -0.508 e. The zero-order chi connectivity index (χ0) is 20.0. The van der Waals surface area contributed by atoms with Crippen molar-refractivity contribution < 1.29 is 23.8 Å². The number of carbonyl (C=O) groups is 2. The minimum absolute atomic E-state index is 0.0602. The molecule has 28 heavy (non-hydrogen) atoms. The summed E-state index contributed by atoms with van der Waals surface area (Å²) in [4.78, 5) is 25.7. The van der Waals surface area contributed by atoms with Crippen LogP contribution in [0, 0.1) is 0 Å². The predicted molar refractivity (Wildman–Crippen MR) is 102 cm³/mol. The van der Waals surface area contributed by atoms with Crippen LogP contribution in [-0.4, -0.2) is 47.3 Å². The molecule has 0 spiro atoms. The highest BCUT2D eigenvalue weighted by Gasteiger charge is 2.36. The van der Waals surface area contributed by atoms with Gasteiger partial charge in [-0.25, -0.2) is 9.18 Å². The predicted octanol–water partition coefficient (Wildman–Crippen LogP) is 3.26. The molecule has 3 rings (SSSR count). The molecule has 6 nitrogen and oxygen atoms in total. The van der Waals surface area contributed by atoms with Gasteiger partial charge in [-0.15, -0.1) is 0 Å². The van der Waals surface area contributed by atoms with Gasteiger partial charge < -0.3 is 20.1 Å². The molecule has 0 aliphatic carbocycles. The first-order valence-corrected chi connectivity index (χ1v) is 9.17. The number of nitrogens with one attached hydrogen (secondary N) is 1. The van der Waals surface area contributed by atoms with Gasteiger partial charge in [0.2, 0.25) is 0 Å². The van der Waals surface area contributed by atoms with Crippen molar-refractivity contribution >= 4 is 12.0 Å². The lowest BCUT2D eigenvalue weighted by atomic mass is 9.93. The van der Waals surface area contributed by atoms with Crippen LogP contribution >= 0.6 is 0 Å². The number of aromatic hydroxyl groups is 1. The van der Waals surface area contributed by atoms with Gasteiger partial charge in [-0.2, -0.15) is 0 Å². The van der Waals surface area contributed by atoms with Gasteiger partial charge in [-0.1, -0.05) is 30.3 Å². The van der Waals surface area contributed by atoms with Crippen LogP contribution in [0.2, 0.25) is 0 Å². The molecule has 1 heterocycles. The van der Waals surface area contributed by atoms with Crippen molar-refractivity contribution in [3.8, 4) is 5.75 Å². The molecule has 2 amide bonds. The summed E-state index contributed by atoms with van der Waals surface area (Å²) in [7, 11) is 0. The smallest absolute Gasteiger partial charge is 0.410 e. The summed E-state index contributed by atoms with van der Waals surface area (Å²) in [5.41, 5.74) is -0.323. The van der Waals surface area contributed by atoms with E-state index in [1.54, 1.807) is 0 Å². The molecule has 148 valence electrons. The molecule has 7 heteroatoms. The van der Waals surface area contributed by atoms with E-state index in [4.69, 9.17) is 4.74 Å². The molecule has 0 radical (unpaired) electrons. The molecule has 1 aliphatic heterocycles. The lowest BCUT2D eigenvalue weighted by molar-refractivity contribution is 0.0398. The van der Waals surface area contributed by atoms with Gasteiger partial charge in [0.05, 0.1) is 6.54 Å². The van der Waals surface area contributed by atoms with Crippen LogP contribution in [0.4, 0.5) is 9.18 Å². The molecule has 0 saturated carbocycles. The van der Waals surface area contributed by atoms with E-state index in [1.165, 1.54) is 29.2 Å². The largest absolute Gasteiger partial charge is 0.508 e. The standard InChI is InChI=1S/C21H23FN2O4/c22-21(15-23-19(26)17-6-8-18(25)9-7-17)10-12-24(13-11-21)20(27)28-14-16-4-2-1-3-5-16/h1-9,25H,10-15H2,(H,23,26). The molecule has 0 atom stereocenters. The molecule has 1 aliphatic rings. The van der Waals surface area contributed by atoms with Crippen molar-refractivity contribution in [1.82, 2.24) is 10.2 Å². The summed E-state index contributed by atoms with van der Waals surface area (Å²) in [5.74, 6) is -0.341. The number of likely N-dealkylation sites (tertiary alicyclic amines) is 1. The SMILES string of the molecule is O=C(NCC1(F)CCN(C(=O)OCc2ccccc2)CC1)c1ccc(O)cc1. The highest BCUT2D eigenvalue weighted by Crippen LogP contribution is 2.26. The van der Waals surface area contributed by atoms with Crippen LogP contribution in [0.1, 0.15) is 28.8 Å². The van der Waals surface area contributed by atoms with E-state index in [0.29, 0.717) is 5.56 Å². The zero-order valence-electron chi connectivity index (χ0n) is 15.4. The average molecular weight is 386 g/mol. The van der Waals surface area contributed by atoms with Gasteiger partial charge in [0.25, 0.3) is 5.91 Å². The van der Waals surface area contributed by atoms with Crippen molar-refractivity contribution in [3.05, 3.63) is 65.7 Å². The number of amides is 2. The van der Waals surface area contributed by atoms with Crippen LogP contribution in [-0.2, 0) is 11.3 Å². The summed E-state index contributed by atoms with van der Waals surface area (Å²) in [6.07, 6.45) is -0.203. The molecular weight excluding hydrogens is 363 g/mol. The molecule has 0 bridgehead atoms. The number of carbonyl (C=O) groups excluding carboxylic acids is 2. The first-order valence-electron chi connectivity index (χ1n) is 9.17. The average Bonchev–Trinajstić information content (AvgIpc) is 2.72. The third kappa shape index (κ3) is 5.22. The number of piperidine rings is 1. The van der Waals surface area contributed by atoms with Gasteiger partial charge >= 0.3 is 6.09 Å². The first-order chi connectivity index (χ1) is 13.5. The van der Waals surface area contributed by atoms with Crippen LogP contribution in [0.25, 0.3) is 0 Å². The zero-order valence-corrected chi connectivity index (χ0v) is 15.4. The van der Waals surface area contributed by atoms with Crippen molar-refractivity contribution in [3.63, 3.8) is 0 Å². The van der Waals surface area contributed by atoms with Crippen LogP contribution < -0.4 is 5.32 Å². The van der Waals surface area contributed by atoms with Gasteiger partial charge in [0.1, 0.15) is 18.0 Å². The maximum absolute atomic E-state index is 15.0. The topological polar surface area (TPSA) is 78.9 Å². The Balaban J connectivity index is 1.43. The Morgan fingerprint density at radius 2 is 1.71 bits per heavy atom. The Morgan fingerprint density at radius 1 is 1.07 bits per heavy atom. The van der Waals surface area contributed by atoms with Gasteiger partial charge in [-0.05, 0) is 29.8 Å². The van der Waals surface area contributed by atoms with Gasteiger partial charge in [0.15, 0.2) is 0 Å². The fourth-order valence-corrected chi connectivity index (χ4v) is 3.03. The molecular formula is C21H23FN2O4. The van der Waals surface area contributed by atoms with Crippen molar-refractivity contribution in [1.29, 1.82) is 0 Å². The van der Waals surface area contributed by atoms with E-state index >= 15 is 0 Å². The van der Waals surface area contributed by atoms with Crippen LogP contribution in [0.15, 0.2) is 54.6 Å². The number of phenolic OH excluding ortho intramolecular Hbond substituents is 1. The quantitative estimate of drug-likeness (QED) is 0.827. The number of benzene rings is 2. The number of ether oxygens (including phenoxy) is 1. The second kappa shape index (κ2) is 8.73. The number of nitrogens with zero attached hydrogens (tertiary/aromatic N) is 1. The molecule has 1 saturated heterocycles. The maximum atomic E-state index is 15.0. The molecule has 0 aromatic heterocycles. The number of alkyl halides is 1. The molecule has 2 aromatic carbocycles. The number of phenols is 1. The fourth-order valence-electron chi connectivity index (χ4n) is 3.03. The van der Waals surface area contributed by atoms with Crippen molar-refractivity contribution in [2.24, 2.45) is 0 Å². The summed E-state index contributed by atoms with van der Waals surface area (Å²) in [6, 6.07) is 15.1. The Labute approximate surface area is 162 Å². The monoisotopic (exact) mass is 386 g/mol. The summed E-state index contributed by atoms with van der Waals surface area (Å²) >= 11 is 0. The lowest BCUT2D eigenvalue weighted by Crippen LogP contribution is -2.49. The Hall–Kier alpha value is -3.09. The summed E-state index contributed by atoms with van der Waals surface area (Å²) in [6.45, 7) is 0.525. The lowest BCUT2D eigenvalue weighted by Gasteiger charge is -2.35. The summed E-state index contributed by atoms with van der Waals surface area (Å²) < 4.78 is 20.2. The number of hydrogen-bond acceptors (Lipinski definition) is 4. The van der Waals surface area contributed by atoms with E-state index in [2.05, 4.69) is 5.32 Å². The van der Waals surface area contributed by atoms with E-state index in [1.807, 2.05) is 30.3 Å². The minimum atomic E-state index is -1.57. The molecule has 2 N–H and O–H groups in total. The van der Waals surface area contributed by atoms with Crippen molar-refractivity contribution in [2.45, 2.75) is 25.1 Å².